The number of amides is 1. The number of piperazine rings is 1. The molecule has 1 aliphatic heterocycles. The summed E-state index contributed by atoms with van der Waals surface area (Å²) in [6.07, 6.45) is 0.615. The summed E-state index contributed by atoms with van der Waals surface area (Å²) in [6.45, 7) is 11.0. The Hall–Kier alpha value is -2.06. The quantitative estimate of drug-likeness (QED) is 0.800. The summed E-state index contributed by atoms with van der Waals surface area (Å²) in [5.41, 5.74) is 0.662. The lowest BCUT2D eigenvalue weighted by molar-refractivity contribution is -0.128. The first kappa shape index (κ1) is 20.7. The molecule has 0 atom stereocenters. The topological polar surface area (TPSA) is 61.4 Å². The van der Waals surface area contributed by atoms with Crippen LogP contribution < -0.4 is 10.2 Å². The van der Waals surface area contributed by atoms with Gasteiger partial charge in [-0.1, -0.05) is 32.9 Å². The maximum atomic E-state index is 13.0. The molecule has 6 nitrogen and oxygen atoms in total. The molecule has 1 aromatic carbocycles. The molecule has 1 aromatic heterocycles. The summed E-state index contributed by atoms with van der Waals surface area (Å²) in [6, 6.07) is 6.47. The van der Waals surface area contributed by atoms with Crippen LogP contribution in [0.4, 0.5) is 9.52 Å². The van der Waals surface area contributed by atoms with Crippen LogP contribution in [0.15, 0.2) is 24.3 Å². The average molecular weight is 406 g/mol. The number of hydrogen-bond acceptors (Lipinski definition) is 6. The smallest absolute Gasteiger partial charge is 0.225 e. The second kappa shape index (κ2) is 8.96. The molecule has 2 heterocycles. The molecule has 152 valence electrons. The van der Waals surface area contributed by atoms with Gasteiger partial charge >= 0.3 is 0 Å². The third kappa shape index (κ3) is 5.72. The van der Waals surface area contributed by atoms with Crippen molar-refractivity contribution in [2.45, 2.75) is 27.2 Å². The van der Waals surface area contributed by atoms with Crippen LogP contribution in [0.3, 0.4) is 0 Å². The van der Waals surface area contributed by atoms with Crippen molar-refractivity contribution >= 4 is 22.6 Å². The number of anilines is 1. The maximum Gasteiger partial charge on any atom is 0.225 e. The van der Waals surface area contributed by atoms with Crippen molar-refractivity contribution in [2.75, 3.05) is 44.2 Å². The van der Waals surface area contributed by atoms with Gasteiger partial charge in [-0.05, 0) is 17.7 Å². The predicted octanol–water partition coefficient (Wildman–Crippen LogP) is 2.55. The van der Waals surface area contributed by atoms with E-state index >= 15 is 0 Å². The standard InChI is InChI=1S/C20H28FN5OS/c1-20(2,3)18(27)22-8-9-25-10-12-26(13-11-25)19-23-17(24-28-19)14-15-4-6-16(21)7-5-15/h4-7H,8-14H2,1-3H3,(H,22,27). The van der Waals surface area contributed by atoms with E-state index in [0.717, 1.165) is 49.2 Å². The first-order valence-electron chi connectivity index (χ1n) is 9.64. The molecular weight excluding hydrogens is 377 g/mol. The Balaban J connectivity index is 1.43. The predicted molar refractivity (Wildman–Crippen MR) is 110 cm³/mol. The van der Waals surface area contributed by atoms with Crippen molar-refractivity contribution in [3.05, 3.63) is 41.5 Å². The van der Waals surface area contributed by atoms with Crippen LogP contribution in [0.5, 0.6) is 0 Å². The highest BCUT2D eigenvalue weighted by Crippen LogP contribution is 2.20. The van der Waals surface area contributed by atoms with E-state index in [1.807, 2.05) is 20.8 Å². The Morgan fingerprint density at radius 1 is 1.18 bits per heavy atom. The van der Waals surface area contributed by atoms with Crippen LogP contribution in [0.25, 0.3) is 0 Å². The Morgan fingerprint density at radius 3 is 2.50 bits per heavy atom. The number of benzene rings is 1. The zero-order chi connectivity index (χ0) is 20.1. The Morgan fingerprint density at radius 2 is 1.86 bits per heavy atom. The number of nitrogens with zero attached hydrogens (tertiary/aromatic N) is 4. The van der Waals surface area contributed by atoms with E-state index in [0.29, 0.717) is 13.0 Å². The minimum atomic E-state index is -0.345. The number of hydrogen-bond donors (Lipinski definition) is 1. The van der Waals surface area contributed by atoms with Crippen LogP contribution in [-0.4, -0.2) is 59.4 Å². The van der Waals surface area contributed by atoms with Gasteiger partial charge in [0.15, 0.2) is 0 Å². The fourth-order valence-corrected chi connectivity index (χ4v) is 3.72. The summed E-state index contributed by atoms with van der Waals surface area (Å²) >= 11 is 1.42. The highest BCUT2D eigenvalue weighted by molar-refractivity contribution is 7.09. The van der Waals surface area contributed by atoms with Crippen LogP contribution in [0.2, 0.25) is 0 Å². The van der Waals surface area contributed by atoms with Gasteiger partial charge in [-0.15, -0.1) is 0 Å². The number of nitrogens with one attached hydrogen (secondary N) is 1. The SMILES string of the molecule is CC(C)(C)C(=O)NCCN1CCN(c2nc(Cc3ccc(F)cc3)ns2)CC1. The van der Waals surface area contributed by atoms with Crippen molar-refractivity contribution < 1.29 is 9.18 Å². The molecule has 0 unspecified atom stereocenters. The molecule has 2 aromatic rings. The number of carbonyl (C=O) groups excluding carboxylic acids is 1. The van der Waals surface area contributed by atoms with Gasteiger partial charge in [-0.25, -0.2) is 9.37 Å². The molecule has 28 heavy (non-hydrogen) atoms. The third-order valence-corrected chi connectivity index (χ3v) is 5.59. The summed E-state index contributed by atoms with van der Waals surface area (Å²) in [7, 11) is 0. The molecule has 1 saturated heterocycles. The van der Waals surface area contributed by atoms with Crippen LogP contribution in [-0.2, 0) is 11.2 Å². The summed E-state index contributed by atoms with van der Waals surface area (Å²) < 4.78 is 17.5. The van der Waals surface area contributed by atoms with Gasteiger partial charge in [0, 0.05) is 62.6 Å². The van der Waals surface area contributed by atoms with Crippen LogP contribution >= 0.6 is 11.5 Å². The zero-order valence-corrected chi connectivity index (χ0v) is 17.6. The molecule has 1 N–H and O–H groups in total. The van der Waals surface area contributed by atoms with Crippen molar-refractivity contribution in [1.29, 1.82) is 0 Å². The van der Waals surface area contributed by atoms with Gasteiger partial charge in [-0.3, -0.25) is 9.69 Å². The van der Waals surface area contributed by atoms with E-state index in [1.54, 1.807) is 12.1 Å². The zero-order valence-electron chi connectivity index (χ0n) is 16.7. The molecule has 3 rings (SSSR count). The molecule has 0 aliphatic carbocycles. The number of halogens is 1. The third-order valence-electron chi connectivity index (χ3n) is 4.77. The second-order valence-corrected chi connectivity index (χ2v) is 8.86. The lowest BCUT2D eigenvalue weighted by Gasteiger charge is -2.34. The molecule has 1 fully saturated rings. The highest BCUT2D eigenvalue weighted by Gasteiger charge is 2.22. The number of aromatic nitrogens is 2. The Bertz CT molecular complexity index is 779. The molecular formula is C20H28FN5OS. The second-order valence-electron chi connectivity index (χ2n) is 8.13. The largest absolute Gasteiger partial charge is 0.354 e. The lowest BCUT2D eigenvalue weighted by Crippen LogP contribution is -2.49. The Labute approximate surface area is 169 Å². The molecule has 0 bridgehead atoms. The van der Waals surface area contributed by atoms with Crippen molar-refractivity contribution in [3.63, 3.8) is 0 Å². The van der Waals surface area contributed by atoms with Gasteiger partial charge < -0.3 is 10.2 Å². The van der Waals surface area contributed by atoms with E-state index in [1.165, 1.54) is 23.7 Å². The van der Waals surface area contributed by atoms with Crippen molar-refractivity contribution in [2.24, 2.45) is 5.41 Å². The summed E-state index contributed by atoms with van der Waals surface area (Å²) in [5.74, 6) is 0.638. The number of carbonyl (C=O) groups is 1. The molecule has 1 aliphatic rings. The average Bonchev–Trinajstić information content (AvgIpc) is 3.12. The lowest BCUT2D eigenvalue weighted by atomic mass is 9.96. The molecule has 0 saturated carbocycles. The highest BCUT2D eigenvalue weighted by atomic mass is 32.1. The monoisotopic (exact) mass is 405 g/mol. The van der Waals surface area contributed by atoms with Gasteiger partial charge in [0.1, 0.15) is 11.6 Å². The van der Waals surface area contributed by atoms with Gasteiger partial charge in [0.2, 0.25) is 11.0 Å². The normalized spacial score (nSPS) is 15.6. The molecule has 0 spiro atoms. The van der Waals surface area contributed by atoms with Crippen LogP contribution in [0.1, 0.15) is 32.2 Å². The molecule has 8 heteroatoms. The maximum absolute atomic E-state index is 13.0. The van der Waals surface area contributed by atoms with Gasteiger partial charge in [0.25, 0.3) is 0 Å². The number of rotatable bonds is 6. The van der Waals surface area contributed by atoms with Crippen LogP contribution in [0, 0.1) is 11.2 Å². The van der Waals surface area contributed by atoms with Crippen molar-refractivity contribution in [1.82, 2.24) is 19.6 Å². The van der Waals surface area contributed by atoms with E-state index in [-0.39, 0.29) is 17.1 Å². The first-order chi connectivity index (χ1) is 13.3. The molecule has 0 radical (unpaired) electrons. The minimum Gasteiger partial charge on any atom is -0.354 e. The van der Waals surface area contributed by atoms with Crippen molar-refractivity contribution in [3.8, 4) is 0 Å². The minimum absolute atomic E-state index is 0.0914. The molecule has 1 amide bonds. The fraction of sp³-hybridized carbons (Fsp3) is 0.550. The van der Waals surface area contributed by atoms with E-state index < -0.39 is 0 Å². The van der Waals surface area contributed by atoms with Gasteiger partial charge in [-0.2, -0.15) is 4.37 Å². The Kier molecular flexibility index (Phi) is 6.61. The first-order valence-corrected chi connectivity index (χ1v) is 10.4. The van der Waals surface area contributed by atoms with E-state index in [9.17, 15) is 9.18 Å². The van der Waals surface area contributed by atoms with E-state index in [2.05, 4.69) is 24.5 Å². The van der Waals surface area contributed by atoms with Gasteiger partial charge in [0.05, 0.1) is 0 Å². The summed E-state index contributed by atoms with van der Waals surface area (Å²) in [4.78, 5) is 21.2. The summed E-state index contributed by atoms with van der Waals surface area (Å²) in [5, 5.41) is 3.95. The van der Waals surface area contributed by atoms with E-state index in [4.69, 9.17) is 0 Å². The fourth-order valence-electron chi connectivity index (χ4n) is 2.99.